The van der Waals surface area contributed by atoms with Crippen molar-refractivity contribution in [2.75, 3.05) is 13.1 Å². The second kappa shape index (κ2) is 5.21. The fraction of sp³-hybridized carbons (Fsp3) is 0.882. The quantitative estimate of drug-likeness (QED) is 0.826. The van der Waals surface area contributed by atoms with E-state index in [0.29, 0.717) is 12.0 Å². The standard InChI is InChI=1S/C17H27N3O2/c1-15(2,22)17(11-16(12-17)6-4-7-16)19-10-14(21)20-8-3-5-13(20)9-18/h13,19,22H,3-8,10-12H2,1-2H3. The third-order valence-corrected chi connectivity index (χ3v) is 6.24. The minimum Gasteiger partial charge on any atom is -0.389 e. The van der Waals surface area contributed by atoms with Gasteiger partial charge >= 0.3 is 0 Å². The molecule has 22 heavy (non-hydrogen) atoms. The van der Waals surface area contributed by atoms with E-state index in [4.69, 9.17) is 5.26 Å². The molecule has 1 unspecified atom stereocenters. The monoisotopic (exact) mass is 305 g/mol. The Labute approximate surface area is 132 Å². The van der Waals surface area contributed by atoms with Crippen molar-refractivity contribution >= 4 is 5.91 Å². The highest BCUT2D eigenvalue weighted by Gasteiger charge is 2.62. The summed E-state index contributed by atoms with van der Waals surface area (Å²) in [6.07, 6.45) is 7.40. The van der Waals surface area contributed by atoms with Gasteiger partial charge < -0.3 is 15.3 Å². The summed E-state index contributed by atoms with van der Waals surface area (Å²) in [6.45, 7) is 4.57. The lowest BCUT2D eigenvalue weighted by atomic mass is 9.45. The molecule has 5 nitrogen and oxygen atoms in total. The van der Waals surface area contributed by atoms with E-state index < -0.39 is 5.60 Å². The Morgan fingerprint density at radius 1 is 1.41 bits per heavy atom. The second-order valence-corrected chi connectivity index (χ2v) is 8.08. The topological polar surface area (TPSA) is 76.4 Å². The predicted octanol–water partition coefficient (Wildman–Crippen LogP) is 1.56. The minimum atomic E-state index is -0.840. The smallest absolute Gasteiger partial charge is 0.237 e. The van der Waals surface area contributed by atoms with Crippen LogP contribution in [0.2, 0.25) is 0 Å². The van der Waals surface area contributed by atoms with Gasteiger partial charge in [-0.1, -0.05) is 6.42 Å². The zero-order valence-corrected chi connectivity index (χ0v) is 13.7. The van der Waals surface area contributed by atoms with E-state index in [1.807, 2.05) is 13.8 Å². The van der Waals surface area contributed by atoms with Crippen LogP contribution in [0.1, 0.15) is 58.8 Å². The van der Waals surface area contributed by atoms with Gasteiger partial charge in [0.2, 0.25) is 5.91 Å². The minimum absolute atomic E-state index is 0.0118. The van der Waals surface area contributed by atoms with E-state index in [2.05, 4.69) is 11.4 Å². The number of nitrogens with zero attached hydrogens (tertiary/aromatic N) is 2. The Morgan fingerprint density at radius 3 is 2.59 bits per heavy atom. The van der Waals surface area contributed by atoms with Gasteiger partial charge in [-0.2, -0.15) is 5.26 Å². The molecule has 2 saturated carbocycles. The molecule has 2 aliphatic carbocycles. The molecule has 2 N–H and O–H groups in total. The van der Waals surface area contributed by atoms with E-state index in [-0.39, 0.29) is 24.0 Å². The fourth-order valence-electron chi connectivity index (χ4n) is 4.58. The lowest BCUT2D eigenvalue weighted by Crippen LogP contribution is -2.72. The van der Waals surface area contributed by atoms with E-state index in [1.165, 1.54) is 19.3 Å². The lowest BCUT2D eigenvalue weighted by Gasteiger charge is -2.65. The van der Waals surface area contributed by atoms with Crippen molar-refractivity contribution in [3.63, 3.8) is 0 Å². The third-order valence-electron chi connectivity index (χ3n) is 6.24. The summed E-state index contributed by atoms with van der Waals surface area (Å²) in [5.41, 5.74) is -0.780. The molecule has 0 bridgehead atoms. The van der Waals surface area contributed by atoms with Crippen molar-refractivity contribution in [1.82, 2.24) is 10.2 Å². The van der Waals surface area contributed by atoms with Crippen molar-refractivity contribution in [3.8, 4) is 6.07 Å². The van der Waals surface area contributed by atoms with E-state index in [1.54, 1.807) is 4.90 Å². The summed E-state index contributed by atoms with van der Waals surface area (Å²) < 4.78 is 0. The molecule has 1 atom stereocenters. The van der Waals surface area contributed by atoms with Crippen molar-refractivity contribution in [3.05, 3.63) is 0 Å². The number of aliphatic hydroxyl groups is 1. The number of rotatable bonds is 4. The van der Waals surface area contributed by atoms with Crippen molar-refractivity contribution in [2.24, 2.45) is 5.41 Å². The largest absolute Gasteiger partial charge is 0.389 e. The maximum absolute atomic E-state index is 12.4. The molecular formula is C17H27N3O2. The van der Waals surface area contributed by atoms with Gasteiger partial charge in [0.1, 0.15) is 6.04 Å². The maximum Gasteiger partial charge on any atom is 0.237 e. The molecular weight excluding hydrogens is 278 g/mol. The summed E-state index contributed by atoms with van der Waals surface area (Å²) in [4.78, 5) is 14.1. The first kappa shape index (κ1) is 15.8. The molecule has 0 aromatic carbocycles. The average Bonchev–Trinajstić information content (AvgIpc) is 2.81. The molecule has 1 amide bonds. The molecule has 0 aromatic rings. The van der Waals surface area contributed by atoms with E-state index in [9.17, 15) is 9.90 Å². The molecule has 0 aromatic heterocycles. The number of hydrogen-bond donors (Lipinski definition) is 2. The Bertz CT molecular complexity index is 491. The number of hydrogen-bond acceptors (Lipinski definition) is 4. The van der Waals surface area contributed by atoms with Crippen molar-refractivity contribution < 1.29 is 9.90 Å². The molecule has 3 fully saturated rings. The van der Waals surface area contributed by atoms with Gasteiger partial charge in [-0.15, -0.1) is 0 Å². The van der Waals surface area contributed by atoms with Gasteiger partial charge in [0.15, 0.2) is 0 Å². The molecule has 1 spiro atoms. The first-order chi connectivity index (χ1) is 10.3. The second-order valence-electron chi connectivity index (χ2n) is 8.08. The Morgan fingerprint density at radius 2 is 2.09 bits per heavy atom. The highest BCUT2D eigenvalue weighted by atomic mass is 16.3. The van der Waals surface area contributed by atoms with Crippen LogP contribution in [0.5, 0.6) is 0 Å². The summed E-state index contributed by atoms with van der Waals surface area (Å²) in [7, 11) is 0. The van der Waals surface area contributed by atoms with Crippen LogP contribution in [0.3, 0.4) is 0 Å². The Balaban J connectivity index is 1.61. The number of likely N-dealkylation sites (tertiary alicyclic amines) is 1. The van der Waals surface area contributed by atoms with Crippen LogP contribution in [-0.4, -0.2) is 46.2 Å². The highest BCUT2D eigenvalue weighted by molar-refractivity contribution is 5.79. The summed E-state index contributed by atoms with van der Waals surface area (Å²) in [5, 5.41) is 23.0. The molecule has 1 heterocycles. The van der Waals surface area contributed by atoms with Crippen LogP contribution in [-0.2, 0) is 4.79 Å². The van der Waals surface area contributed by atoms with Gasteiger partial charge in [-0.05, 0) is 57.8 Å². The van der Waals surface area contributed by atoms with Crippen LogP contribution in [0.4, 0.5) is 0 Å². The number of carbonyl (C=O) groups excluding carboxylic acids is 1. The van der Waals surface area contributed by atoms with Crippen LogP contribution >= 0.6 is 0 Å². The third kappa shape index (κ3) is 2.43. The van der Waals surface area contributed by atoms with Crippen molar-refractivity contribution in [2.45, 2.75) is 76.0 Å². The van der Waals surface area contributed by atoms with Crippen LogP contribution in [0.15, 0.2) is 0 Å². The first-order valence-corrected chi connectivity index (χ1v) is 8.47. The maximum atomic E-state index is 12.4. The van der Waals surface area contributed by atoms with Crippen LogP contribution in [0.25, 0.3) is 0 Å². The molecule has 122 valence electrons. The van der Waals surface area contributed by atoms with Crippen LogP contribution in [0, 0.1) is 16.7 Å². The van der Waals surface area contributed by atoms with Gasteiger partial charge in [0.05, 0.1) is 18.2 Å². The fourth-order valence-corrected chi connectivity index (χ4v) is 4.58. The molecule has 5 heteroatoms. The van der Waals surface area contributed by atoms with Gasteiger partial charge in [0, 0.05) is 12.1 Å². The molecule has 1 aliphatic heterocycles. The average molecular weight is 305 g/mol. The van der Waals surface area contributed by atoms with Crippen LogP contribution < -0.4 is 5.32 Å². The van der Waals surface area contributed by atoms with E-state index >= 15 is 0 Å². The molecule has 1 saturated heterocycles. The van der Waals surface area contributed by atoms with Gasteiger partial charge in [0.25, 0.3) is 0 Å². The zero-order chi connectivity index (χ0) is 16.0. The number of nitriles is 1. The van der Waals surface area contributed by atoms with Crippen molar-refractivity contribution in [1.29, 1.82) is 5.26 Å². The predicted molar refractivity (Wildman–Crippen MR) is 82.9 cm³/mol. The Kier molecular flexibility index (Phi) is 3.73. The van der Waals surface area contributed by atoms with Gasteiger partial charge in [-0.3, -0.25) is 4.79 Å². The summed E-state index contributed by atoms with van der Waals surface area (Å²) in [5.74, 6) is -0.0118. The summed E-state index contributed by atoms with van der Waals surface area (Å²) >= 11 is 0. The molecule has 0 radical (unpaired) electrons. The molecule has 3 aliphatic rings. The Hall–Kier alpha value is -1.12. The SMILES string of the molecule is CC(C)(O)C1(NCC(=O)N2CCCC2C#N)CC2(CCC2)C1. The first-order valence-electron chi connectivity index (χ1n) is 8.47. The number of nitrogens with one attached hydrogen (secondary N) is 1. The van der Waals surface area contributed by atoms with E-state index in [0.717, 1.165) is 25.7 Å². The summed E-state index contributed by atoms with van der Waals surface area (Å²) in [6, 6.07) is 1.94. The normalized spacial score (nSPS) is 28.8. The lowest BCUT2D eigenvalue weighted by molar-refractivity contribution is -0.158. The number of amides is 1. The van der Waals surface area contributed by atoms with Gasteiger partial charge in [-0.25, -0.2) is 0 Å². The molecule has 3 rings (SSSR count). The highest BCUT2D eigenvalue weighted by Crippen LogP contribution is 2.63. The number of carbonyl (C=O) groups is 1. The zero-order valence-electron chi connectivity index (χ0n) is 13.7.